The number of halogens is 3. The third kappa shape index (κ3) is 6.05. The molecule has 0 aromatic heterocycles. The molecule has 10 heteroatoms. The fourth-order valence-corrected chi connectivity index (χ4v) is 3.54. The van der Waals surface area contributed by atoms with Gasteiger partial charge in [-0.1, -0.05) is 36.0 Å². The van der Waals surface area contributed by atoms with Crippen LogP contribution < -0.4 is 9.47 Å². The van der Waals surface area contributed by atoms with Crippen molar-refractivity contribution in [2.24, 2.45) is 0 Å². The van der Waals surface area contributed by atoms with Crippen molar-refractivity contribution >= 4 is 23.5 Å². The zero-order chi connectivity index (χ0) is 24.0. The molecular formula is C23H15F3N2O4S. The lowest BCUT2D eigenvalue weighted by atomic mass is 10.1. The normalized spacial score (nSPS) is 11.5. The van der Waals surface area contributed by atoms with Gasteiger partial charge >= 0.3 is 11.9 Å². The van der Waals surface area contributed by atoms with E-state index in [1.165, 1.54) is 24.9 Å². The number of nitriles is 1. The Labute approximate surface area is 191 Å². The van der Waals surface area contributed by atoms with Crippen LogP contribution in [0.3, 0.4) is 0 Å². The highest BCUT2D eigenvalue weighted by atomic mass is 32.2. The highest BCUT2D eigenvalue weighted by Crippen LogP contribution is 2.40. The molecule has 0 bridgehead atoms. The monoisotopic (exact) mass is 472 g/mol. The lowest BCUT2D eigenvalue weighted by Crippen LogP contribution is -2.06. The van der Waals surface area contributed by atoms with Crippen LogP contribution in [0.4, 0.5) is 18.9 Å². The number of hydrogen-bond donors (Lipinski definition) is 0. The Balaban J connectivity index is 1.90. The van der Waals surface area contributed by atoms with Crippen LogP contribution in [0.1, 0.15) is 11.1 Å². The topological polar surface area (TPSA) is 85.4 Å². The number of ether oxygens (including phenoxy) is 2. The number of benzene rings is 3. The zero-order valence-corrected chi connectivity index (χ0v) is 17.8. The second-order valence-corrected chi connectivity index (χ2v) is 7.60. The van der Waals surface area contributed by atoms with Crippen molar-refractivity contribution in [1.82, 2.24) is 0 Å². The minimum absolute atomic E-state index is 0.0618. The molecule has 0 fully saturated rings. The minimum Gasteiger partial charge on any atom is -0.493 e. The summed E-state index contributed by atoms with van der Waals surface area (Å²) in [6.07, 6.45) is -3.10. The Hall–Kier alpha value is -3.97. The molecule has 0 saturated heterocycles. The van der Waals surface area contributed by atoms with E-state index in [1.54, 1.807) is 18.2 Å². The molecule has 0 unspecified atom stereocenters. The summed E-state index contributed by atoms with van der Waals surface area (Å²) >= 11 is 1.27. The van der Waals surface area contributed by atoms with Crippen molar-refractivity contribution < 1.29 is 27.6 Å². The SMILES string of the molecule is COc1cc(/C=C(\C#N)Sc2ccccc2)ccc1Oc1ccc(C(F)(F)F)cc1[N+](=O)[O-]. The molecule has 0 aliphatic heterocycles. The van der Waals surface area contributed by atoms with Gasteiger partial charge in [-0.05, 0) is 48.0 Å². The Kier molecular flexibility index (Phi) is 7.25. The molecule has 0 heterocycles. The number of nitrogens with zero attached hydrogens (tertiary/aromatic N) is 2. The number of allylic oxidation sites excluding steroid dienone is 1. The third-order valence-corrected chi connectivity index (χ3v) is 5.21. The van der Waals surface area contributed by atoms with Crippen LogP contribution in [-0.2, 0) is 6.18 Å². The fraction of sp³-hybridized carbons (Fsp3) is 0.0870. The molecule has 0 amide bonds. The molecule has 0 aliphatic carbocycles. The van der Waals surface area contributed by atoms with Gasteiger partial charge in [0.15, 0.2) is 11.5 Å². The van der Waals surface area contributed by atoms with Crippen LogP contribution in [0.15, 0.2) is 76.5 Å². The van der Waals surface area contributed by atoms with E-state index in [4.69, 9.17) is 9.47 Å². The van der Waals surface area contributed by atoms with Crippen LogP contribution in [-0.4, -0.2) is 12.0 Å². The molecule has 3 aromatic carbocycles. The van der Waals surface area contributed by atoms with E-state index < -0.39 is 22.4 Å². The van der Waals surface area contributed by atoms with Gasteiger partial charge in [0, 0.05) is 11.0 Å². The summed E-state index contributed by atoms with van der Waals surface area (Å²) in [5.74, 6) is -0.126. The molecule has 0 atom stereocenters. The smallest absolute Gasteiger partial charge is 0.416 e. The first-order chi connectivity index (χ1) is 15.7. The van der Waals surface area contributed by atoms with Gasteiger partial charge < -0.3 is 9.47 Å². The van der Waals surface area contributed by atoms with Crippen LogP contribution in [0.25, 0.3) is 6.08 Å². The number of thioether (sulfide) groups is 1. The lowest BCUT2D eigenvalue weighted by molar-refractivity contribution is -0.385. The maximum absolute atomic E-state index is 12.9. The number of methoxy groups -OCH3 is 1. The first kappa shape index (κ1) is 23.7. The molecule has 3 aromatic rings. The summed E-state index contributed by atoms with van der Waals surface area (Å²) in [5, 5.41) is 20.7. The average molecular weight is 472 g/mol. The van der Waals surface area contributed by atoms with Gasteiger partial charge in [-0.25, -0.2) is 0 Å². The first-order valence-electron chi connectivity index (χ1n) is 9.27. The maximum Gasteiger partial charge on any atom is 0.416 e. The Bertz CT molecular complexity index is 1240. The van der Waals surface area contributed by atoms with Gasteiger partial charge in [-0.15, -0.1) is 0 Å². The van der Waals surface area contributed by atoms with E-state index in [2.05, 4.69) is 6.07 Å². The van der Waals surface area contributed by atoms with E-state index in [0.717, 1.165) is 11.0 Å². The number of alkyl halides is 3. The van der Waals surface area contributed by atoms with Gasteiger partial charge in [-0.2, -0.15) is 18.4 Å². The molecule has 33 heavy (non-hydrogen) atoms. The van der Waals surface area contributed by atoms with Gasteiger partial charge in [0.2, 0.25) is 5.75 Å². The molecule has 0 spiro atoms. The molecule has 0 aliphatic rings. The van der Waals surface area contributed by atoms with Gasteiger partial charge in [0.1, 0.15) is 6.07 Å². The summed E-state index contributed by atoms with van der Waals surface area (Å²) in [7, 11) is 1.35. The Morgan fingerprint density at radius 3 is 2.36 bits per heavy atom. The van der Waals surface area contributed by atoms with Crippen molar-refractivity contribution in [3.63, 3.8) is 0 Å². The van der Waals surface area contributed by atoms with Crippen LogP contribution in [0, 0.1) is 21.4 Å². The summed E-state index contributed by atoms with van der Waals surface area (Å²) in [6, 6.07) is 18.0. The second-order valence-electron chi connectivity index (χ2n) is 6.49. The van der Waals surface area contributed by atoms with E-state index >= 15 is 0 Å². The van der Waals surface area contributed by atoms with E-state index in [1.807, 2.05) is 30.3 Å². The van der Waals surface area contributed by atoms with Crippen LogP contribution in [0.2, 0.25) is 0 Å². The van der Waals surface area contributed by atoms with Crippen LogP contribution >= 0.6 is 11.8 Å². The molecule has 0 saturated carbocycles. The van der Waals surface area contributed by atoms with Crippen molar-refractivity contribution in [2.45, 2.75) is 11.1 Å². The van der Waals surface area contributed by atoms with Crippen molar-refractivity contribution in [1.29, 1.82) is 5.26 Å². The number of nitro groups is 1. The Morgan fingerprint density at radius 2 is 1.76 bits per heavy atom. The number of hydrogen-bond acceptors (Lipinski definition) is 6. The van der Waals surface area contributed by atoms with Crippen LogP contribution in [0.5, 0.6) is 17.2 Å². The molecule has 0 N–H and O–H groups in total. The van der Waals surface area contributed by atoms with Gasteiger partial charge in [-0.3, -0.25) is 10.1 Å². The second kappa shape index (κ2) is 10.1. The number of rotatable bonds is 7. The molecule has 3 rings (SSSR count). The first-order valence-corrected chi connectivity index (χ1v) is 10.1. The molecule has 0 radical (unpaired) electrons. The summed E-state index contributed by atoms with van der Waals surface area (Å²) in [4.78, 5) is 11.6. The standard InChI is InChI=1S/C23H15F3N2O4S/c1-31-22-12-15(11-18(14-27)33-17-5-3-2-4-6-17)7-9-21(22)32-20-10-8-16(23(24,25)26)13-19(20)28(29)30/h2-13H,1H3/b18-11+. The minimum atomic E-state index is -4.73. The van der Waals surface area contributed by atoms with E-state index in [-0.39, 0.29) is 17.2 Å². The van der Waals surface area contributed by atoms with Crippen molar-refractivity contribution in [3.05, 3.63) is 92.9 Å². The Morgan fingerprint density at radius 1 is 1.06 bits per heavy atom. The zero-order valence-electron chi connectivity index (χ0n) is 17.0. The lowest BCUT2D eigenvalue weighted by Gasteiger charge is -2.13. The maximum atomic E-state index is 12.9. The highest BCUT2D eigenvalue weighted by Gasteiger charge is 2.33. The van der Waals surface area contributed by atoms with Crippen molar-refractivity contribution in [3.8, 4) is 23.3 Å². The average Bonchev–Trinajstić information content (AvgIpc) is 2.79. The summed E-state index contributed by atoms with van der Waals surface area (Å²) in [6.45, 7) is 0. The highest BCUT2D eigenvalue weighted by molar-refractivity contribution is 8.03. The molecule has 168 valence electrons. The molecular weight excluding hydrogens is 457 g/mol. The quantitative estimate of drug-likeness (QED) is 0.158. The van der Waals surface area contributed by atoms with Gasteiger partial charge in [0.25, 0.3) is 0 Å². The third-order valence-electron chi connectivity index (χ3n) is 4.27. The van der Waals surface area contributed by atoms with E-state index in [0.29, 0.717) is 22.6 Å². The largest absolute Gasteiger partial charge is 0.493 e. The molecule has 6 nitrogen and oxygen atoms in total. The summed E-state index contributed by atoms with van der Waals surface area (Å²) in [5.41, 5.74) is -1.39. The van der Waals surface area contributed by atoms with Gasteiger partial charge in [0.05, 0.1) is 22.5 Å². The predicted octanol–water partition coefficient (Wildman–Crippen LogP) is 7.07. The van der Waals surface area contributed by atoms with E-state index in [9.17, 15) is 28.5 Å². The predicted molar refractivity (Wildman–Crippen MR) is 117 cm³/mol. The fourth-order valence-electron chi connectivity index (χ4n) is 2.75. The number of nitro benzene ring substituents is 1. The van der Waals surface area contributed by atoms with Crippen molar-refractivity contribution in [2.75, 3.05) is 7.11 Å². The summed E-state index contributed by atoms with van der Waals surface area (Å²) < 4.78 is 49.5.